The molecule has 0 N–H and O–H groups in total. The number of anilines is 1. The Balaban J connectivity index is 0.00000225. The number of hydrogen-bond acceptors (Lipinski definition) is 5. The topological polar surface area (TPSA) is 61.8 Å². The van der Waals surface area contributed by atoms with Crippen molar-refractivity contribution < 1.29 is 48.9 Å². The monoisotopic (exact) mass is 409 g/mol. The van der Waals surface area contributed by atoms with Crippen LogP contribution in [0.3, 0.4) is 0 Å². The molecule has 4 rings (SSSR count). The molecule has 2 aromatic rings. The molecule has 142 valence electrons. The first-order valence-corrected chi connectivity index (χ1v) is 9.40. The number of ether oxygens (including phenoxy) is 2. The number of carbonyl (C=O) groups is 1. The summed E-state index contributed by atoms with van der Waals surface area (Å²) in [5.41, 5.74) is 3.08. The third kappa shape index (κ3) is 4.34. The van der Waals surface area contributed by atoms with Gasteiger partial charge in [-0.3, -0.25) is 0 Å². The summed E-state index contributed by atoms with van der Waals surface area (Å²) in [6.45, 7) is 5.50. The van der Waals surface area contributed by atoms with Gasteiger partial charge in [0.1, 0.15) is 5.75 Å². The smallest absolute Gasteiger partial charge is 0.545 e. The van der Waals surface area contributed by atoms with Crippen molar-refractivity contribution in [2.45, 2.75) is 19.9 Å². The zero-order valence-corrected chi connectivity index (χ0v) is 18.9. The number of carboxylic acids is 1. The third-order valence-corrected chi connectivity index (χ3v) is 5.44. The van der Waals surface area contributed by atoms with Crippen molar-refractivity contribution in [1.82, 2.24) is 0 Å². The average Bonchev–Trinajstić information content (AvgIpc) is 3.02. The Morgan fingerprint density at radius 3 is 2.79 bits per heavy atom. The van der Waals surface area contributed by atoms with Crippen LogP contribution in [0.2, 0.25) is 5.02 Å². The quantitative estimate of drug-likeness (QED) is 0.612. The van der Waals surface area contributed by atoms with Gasteiger partial charge >= 0.3 is 29.6 Å². The minimum absolute atomic E-state index is 0. The van der Waals surface area contributed by atoms with Gasteiger partial charge in [0.2, 0.25) is 0 Å². The van der Waals surface area contributed by atoms with Gasteiger partial charge in [0.05, 0.1) is 25.8 Å². The number of carboxylic acid groups (broad SMARTS) is 1. The van der Waals surface area contributed by atoms with Gasteiger partial charge < -0.3 is 24.3 Å². The Labute approximate surface area is 191 Å². The summed E-state index contributed by atoms with van der Waals surface area (Å²) in [5.74, 6) is -0.325. The SMILES string of the molecule is CC1(COc2ccc(Cl)cc2CN2CCc3c(C(=O)[O-])cccc32)COC1.[Na+]. The van der Waals surface area contributed by atoms with Crippen LogP contribution in [-0.2, 0) is 17.7 Å². The number of fused-ring (bicyclic) bond motifs is 1. The maximum atomic E-state index is 11.4. The van der Waals surface area contributed by atoms with E-state index in [2.05, 4.69) is 11.8 Å². The molecule has 5 nitrogen and oxygen atoms in total. The van der Waals surface area contributed by atoms with Crippen LogP contribution >= 0.6 is 11.6 Å². The van der Waals surface area contributed by atoms with E-state index in [4.69, 9.17) is 21.1 Å². The van der Waals surface area contributed by atoms with Gasteiger partial charge in [0.25, 0.3) is 0 Å². The van der Waals surface area contributed by atoms with E-state index in [9.17, 15) is 9.90 Å². The van der Waals surface area contributed by atoms with Gasteiger partial charge in [0.15, 0.2) is 0 Å². The molecule has 0 atom stereocenters. The summed E-state index contributed by atoms with van der Waals surface area (Å²) >= 11 is 6.22. The molecule has 28 heavy (non-hydrogen) atoms. The van der Waals surface area contributed by atoms with Crippen molar-refractivity contribution in [2.75, 3.05) is 31.3 Å². The molecule has 7 heteroatoms. The molecule has 2 aliphatic heterocycles. The van der Waals surface area contributed by atoms with Crippen molar-refractivity contribution in [3.8, 4) is 5.75 Å². The van der Waals surface area contributed by atoms with Crippen molar-refractivity contribution in [2.24, 2.45) is 5.41 Å². The van der Waals surface area contributed by atoms with E-state index in [0.29, 0.717) is 37.8 Å². The van der Waals surface area contributed by atoms with Gasteiger partial charge in [-0.05, 0) is 36.2 Å². The number of carbonyl (C=O) groups excluding carboxylic acids is 1. The largest absolute Gasteiger partial charge is 1.00 e. The van der Waals surface area contributed by atoms with Crippen LogP contribution in [0.4, 0.5) is 5.69 Å². The van der Waals surface area contributed by atoms with E-state index < -0.39 is 5.97 Å². The molecule has 0 saturated carbocycles. The van der Waals surface area contributed by atoms with Crippen molar-refractivity contribution >= 4 is 23.3 Å². The number of aromatic carboxylic acids is 1. The number of benzene rings is 2. The van der Waals surface area contributed by atoms with E-state index in [1.54, 1.807) is 12.1 Å². The first-order chi connectivity index (χ1) is 13.0. The summed E-state index contributed by atoms with van der Waals surface area (Å²) in [6.07, 6.45) is 0.686. The third-order valence-electron chi connectivity index (χ3n) is 5.20. The Kier molecular flexibility index (Phi) is 6.62. The summed E-state index contributed by atoms with van der Waals surface area (Å²) in [7, 11) is 0. The molecular formula is C21H21ClNNaO4. The van der Waals surface area contributed by atoms with Crippen molar-refractivity contribution in [3.05, 3.63) is 58.1 Å². The van der Waals surface area contributed by atoms with Gasteiger partial charge in [-0.25, -0.2) is 0 Å². The molecule has 0 unspecified atom stereocenters. The summed E-state index contributed by atoms with van der Waals surface area (Å²) in [6, 6.07) is 11.0. The molecule has 0 radical (unpaired) electrons. The number of rotatable bonds is 6. The number of halogens is 1. The van der Waals surface area contributed by atoms with Crippen molar-refractivity contribution in [1.29, 1.82) is 0 Å². The first kappa shape index (κ1) is 21.5. The average molecular weight is 410 g/mol. The molecule has 1 saturated heterocycles. The Morgan fingerprint density at radius 1 is 1.32 bits per heavy atom. The molecule has 0 aromatic heterocycles. The molecule has 0 bridgehead atoms. The second kappa shape index (κ2) is 8.64. The number of nitrogens with zero attached hydrogens (tertiary/aromatic N) is 1. The first-order valence-electron chi connectivity index (χ1n) is 9.02. The normalized spacial score (nSPS) is 16.7. The van der Waals surface area contributed by atoms with E-state index in [1.165, 1.54) is 0 Å². The minimum atomic E-state index is -1.13. The molecule has 1 fully saturated rings. The molecule has 2 aliphatic rings. The van der Waals surface area contributed by atoms with Crippen LogP contribution in [0, 0.1) is 5.41 Å². The summed E-state index contributed by atoms with van der Waals surface area (Å²) in [4.78, 5) is 13.5. The predicted octanol–water partition coefficient (Wildman–Crippen LogP) is -0.314. The fourth-order valence-electron chi connectivity index (χ4n) is 3.66. The number of hydrogen-bond donors (Lipinski definition) is 0. The van der Waals surface area contributed by atoms with Crippen LogP contribution in [0.15, 0.2) is 36.4 Å². The minimum Gasteiger partial charge on any atom is -0.545 e. The molecule has 0 aliphatic carbocycles. The van der Waals surface area contributed by atoms with E-state index in [0.717, 1.165) is 29.1 Å². The van der Waals surface area contributed by atoms with E-state index in [1.807, 2.05) is 24.3 Å². The van der Waals surface area contributed by atoms with Crippen LogP contribution in [0.25, 0.3) is 0 Å². The molecular weight excluding hydrogens is 389 g/mol. The second-order valence-corrected chi connectivity index (χ2v) is 8.04. The van der Waals surface area contributed by atoms with Crippen LogP contribution in [-0.4, -0.2) is 32.3 Å². The van der Waals surface area contributed by atoms with Gasteiger partial charge in [-0.1, -0.05) is 30.7 Å². The standard InChI is InChI=1S/C21H22ClNO4.Na/c1-21(11-26-12-21)13-27-19-6-5-15(22)9-14(19)10-23-8-7-16-17(20(24)25)3-2-4-18(16)23;/h2-6,9H,7-8,10-13H2,1H3,(H,24,25);/q;+1/p-1. The zero-order valence-electron chi connectivity index (χ0n) is 16.2. The zero-order chi connectivity index (χ0) is 19.0. The van der Waals surface area contributed by atoms with E-state index in [-0.39, 0.29) is 40.5 Å². The Hall–Kier alpha value is -1.24. The van der Waals surface area contributed by atoms with Crippen LogP contribution < -0.4 is 44.3 Å². The molecule has 0 spiro atoms. The predicted molar refractivity (Wildman–Crippen MR) is 101 cm³/mol. The van der Waals surface area contributed by atoms with Crippen LogP contribution in [0.5, 0.6) is 5.75 Å². The van der Waals surface area contributed by atoms with Gasteiger partial charge in [-0.15, -0.1) is 0 Å². The summed E-state index contributed by atoms with van der Waals surface area (Å²) in [5, 5.41) is 12.0. The maximum Gasteiger partial charge on any atom is 1.00 e. The van der Waals surface area contributed by atoms with Gasteiger partial charge in [-0.2, -0.15) is 0 Å². The molecule has 2 heterocycles. The summed E-state index contributed by atoms with van der Waals surface area (Å²) < 4.78 is 11.4. The van der Waals surface area contributed by atoms with Crippen LogP contribution in [0.1, 0.15) is 28.4 Å². The molecule has 0 amide bonds. The fraction of sp³-hybridized carbons (Fsp3) is 0.381. The maximum absolute atomic E-state index is 11.4. The van der Waals surface area contributed by atoms with Crippen molar-refractivity contribution in [3.63, 3.8) is 0 Å². The Morgan fingerprint density at radius 2 is 2.11 bits per heavy atom. The Bertz CT molecular complexity index is 885. The van der Waals surface area contributed by atoms with Gasteiger partial charge in [0, 0.05) is 40.3 Å². The fourth-order valence-corrected chi connectivity index (χ4v) is 3.85. The second-order valence-electron chi connectivity index (χ2n) is 7.61. The molecule has 2 aromatic carbocycles. The van der Waals surface area contributed by atoms with E-state index >= 15 is 0 Å².